The summed E-state index contributed by atoms with van der Waals surface area (Å²) < 4.78 is 11.4. The highest BCUT2D eigenvalue weighted by Crippen LogP contribution is 2.25. The molecule has 6 nitrogen and oxygen atoms in total. The zero-order chi connectivity index (χ0) is 21.5. The molecular formula is C24H24N2O4. The van der Waals surface area contributed by atoms with E-state index in [0.29, 0.717) is 22.7 Å². The van der Waals surface area contributed by atoms with Crippen LogP contribution in [-0.4, -0.2) is 37.4 Å². The first-order valence-corrected chi connectivity index (χ1v) is 9.50. The van der Waals surface area contributed by atoms with E-state index in [0.717, 1.165) is 11.3 Å². The number of likely N-dealkylation sites (N-methyl/N-ethyl adjacent to an activating group) is 1. The first kappa shape index (κ1) is 20.9. The quantitative estimate of drug-likeness (QED) is 0.629. The Labute approximate surface area is 176 Å². The van der Waals surface area contributed by atoms with Crippen molar-refractivity contribution in [1.82, 2.24) is 4.90 Å². The Morgan fingerprint density at radius 3 is 2.33 bits per heavy atom. The van der Waals surface area contributed by atoms with Crippen LogP contribution in [0.3, 0.4) is 0 Å². The van der Waals surface area contributed by atoms with Crippen molar-refractivity contribution in [3.63, 3.8) is 0 Å². The van der Waals surface area contributed by atoms with Gasteiger partial charge in [0.05, 0.1) is 5.56 Å². The summed E-state index contributed by atoms with van der Waals surface area (Å²) in [6, 6.07) is 21.7. The SMILES string of the molecule is Cc1cccc(Oc2ccc(NC(=O)c3ccccc3OCC(=O)N(C)C)cc2)c1. The molecule has 0 saturated heterocycles. The van der Waals surface area contributed by atoms with Crippen molar-refractivity contribution in [2.45, 2.75) is 6.92 Å². The molecule has 0 saturated carbocycles. The van der Waals surface area contributed by atoms with Crippen molar-refractivity contribution in [3.05, 3.63) is 83.9 Å². The molecule has 6 heteroatoms. The van der Waals surface area contributed by atoms with Crippen LogP contribution in [0.1, 0.15) is 15.9 Å². The predicted octanol–water partition coefficient (Wildman–Crippen LogP) is 4.51. The van der Waals surface area contributed by atoms with Gasteiger partial charge in [-0.1, -0.05) is 24.3 Å². The number of amides is 2. The number of aryl methyl sites for hydroxylation is 1. The molecule has 3 aromatic rings. The number of para-hydroxylation sites is 1. The van der Waals surface area contributed by atoms with Crippen LogP contribution in [0.15, 0.2) is 72.8 Å². The van der Waals surface area contributed by atoms with E-state index in [9.17, 15) is 9.59 Å². The monoisotopic (exact) mass is 404 g/mol. The van der Waals surface area contributed by atoms with Crippen LogP contribution in [-0.2, 0) is 4.79 Å². The number of rotatable bonds is 7. The van der Waals surface area contributed by atoms with Crippen molar-refractivity contribution < 1.29 is 19.1 Å². The fourth-order valence-electron chi connectivity index (χ4n) is 2.67. The number of carbonyl (C=O) groups is 2. The Morgan fingerprint density at radius 2 is 1.63 bits per heavy atom. The second-order valence-electron chi connectivity index (χ2n) is 6.97. The second kappa shape index (κ2) is 9.60. The first-order valence-electron chi connectivity index (χ1n) is 9.50. The van der Waals surface area contributed by atoms with Gasteiger partial charge in [0, 0.05) is 19.8 Å². The predicted molar refractivity (Wildman–Crippen MR) is 116 cm³/mol. The molecule has 154 valence electrons. The number of hydrogen-bond donors (Lipinski definition) is 1. The minimum Gasteiger partial charge on any atom is -0.483 e. The molecule has 0 bridgehead atoms. The van der Waals surface area contributed by atoms with Gasteiger partial charge in [0.1, 0.15) is 17.2 Å². The molecule has 0 atom stereocenters. The average Bonchev–Trinajstić information content (AvgIpc) is 2.73. The van der Waals surface area contributed by atoms with Gasteiger partial charge in [-0.25, -0.2) is 0 Å². The lowest BCUT2D eigenvalue weighted by atomic mass is 10.2. The topological polar surface area (TPSA) is 67.9 Å². The van der Waals surface area contributed by atoms with Crippen LogP contribution in [0.4, 0.5) is 5.69 Å². The molecule has 0 spiro atoms. The molecule has 0 fully saturated rings. The highest BCUT2D eigenvalue weighted by atomic mass is 16.5. The Balaban J connectivity index is 1.65. The minimum absolute atomic E-state index is 0.137. The van der Waals surface area contributed by atoms with Crippen LogP contribution in [0.2, 0.25) is 0 Å². The average molecular weight is 404 g/mol. The summed E-state index contributed by atoms with van der Waals surface area (Å²) in [5.74, 6) is 1.27. The fourth-order valence-corrected chi connectivity index (χ4v) is 2.67. The zero-order valence-corrected chi connectivity index (χ0v) is 17.2. The summed E-state index contributed by atoms with van der Waals surface area (Å²) in [6.07, 6.45) is 0. The van der Waals surface area contributed by atoms with Gasteiger partial charge in [0.25, 0.3) is 11.8 Å². The minimum atomic E-state index is -0.324. The molecule has 1 N–H and O–H groups in total. The number of hydrogen-bond acceptors (Lipinski definition) is 4. The Bertz CT molecular complexity index is 1030. The number of anilines is 1. The lowest BCUT2D eigenvalue weighted by Crippen LogP contribution is -2.28. The van der Waals surface area contributed by atoms with Crippen molar-refractivity contribution >= 4 is 17.5 Å². The molecule has 0 radical (unpaired) electrons. The van der Waals surface area contributed by atoms with Crippen LogP contribution < -0.4 is 14.8 Å². The van der Waals surface area contributed by atoms with Gasteiger partial charge < -0.3 is 19.7 Å². The Kier molecular flexibility index (Phi) is 6.70. The summed E-state index contributed by atoms with van der Waals surface area (Å²) in [5, 5.41) is 2.84. The van der Waals surface area contributed by atoms with Gasteiger partial charge in [-0.15, -0.1) is 0 Å². The largest absolute Gasteiger partial charge is 0.483 e. The van der Waals surface area contributed by atoms with E-state index >= 15 is 0 Å². The third-order valence-electron chi connectivity index (χ3n) is 4.32. The molecule has 3 rings (SSSR count). The summed E-state index contributed by atoms with van der Waals surface area (Å²) in [6.45, 7) is 1.87. The summed E-state index contributed by atoms with van der Waals surface area (Å²) in [5.41, 5.74) is 2.09. The molecule has 30 heavy (non-hydrogen) atoms. The number of carbonyl (C=O) groups excluding carboxylic acids is 2. The summed E-state index contributed by atoms with van der Waals surface area (Å²) in [4.78, 5) is 25.9. The maximum Gasteiger partial charge on any atom is 0.259 e. The van der Waals surface area contributed by atoms with Crippen LogP contribution in [0, 0.1) is 6.92 Å². The van der Waals surface area contributed by atoms with E-state index in [4.69, 9.17) is 9.47 Å². The molecule has 0 unspecified atom stereocenters. The fraction of sp³-hybridized carbons (Fsp3) is 0.167. The van der Waals surface area contributed by atoms with Gasteiger partial charge >= 0.3 is 0 Å². The molecule has 0 aliphatic heterocycles. The highest BCUT2D eigenvalue weighted by Gasteiger charge is 2.14. The standard InChI is InChI=1S/C24H24N2O4/c1-17-7-6-8-20(15-17)30-19-13-11-18(12-14-19)25-24(28)21-9-4-5-10-22(21)29-16-23(27)26(2)3/h4-15H,16H2,1-3H3,(H,25,28). The van der Waals surface area contributed by atoms with Crippen LogP contribution >= 0.6 is 0 Å². The molecule has 0 heterocycles. The van der Waals surface area contributed by atoms with Crippen LogP contribution in [0.25, 0.3) is 0 Å². The molecular weight excluding hydrogens is 380 g/mol. The van der Waals surface area contributed by atoms with Gasteiger partial charge in [-0.2, -0.15) is 0 Å². The normalized spacial score (nSPS) is 10.2. The van der Waals surface area contributed by atoms with E-state index in [1.165, 1.54) is 4.90 Å². The maximum atomic E-state index is 12.7. The zero-order valence-electron chi connectivity index (χ0n) is 17.2. The summed E-state index contributed by atoms with van der Waals surface area (Å²) >= 11 is 0. The van der Waals surface area contributed by atoms with Gasteiger partial charge in [-0.3, -0.25) is 9.59 Å². The van der Waals surface area contributed by atoms with E-state index in [2.05, 4.69) is 5.32 Å². The maximum absolute atomic E-state index is 12.7. The molecule has 0 aromatic heterocycles. The Hall–Kier alpha value is -3.80. The number of nitrogens with one attached hydrogen (secondary N) is 1. The van der Waals surface area contributed by atoms with Gasteiger partial charge in [-0.05, 0) is 61.0 Å². The second-order valence-corrected chi connectivity index (χ2v) is 6.97. The number of nitrogens with zero attached hydrogens (tertiary/aromatic N) is 1. The van der Waals surface area contributed by atoms with E-state index in [-0.39, 0.29) is 18.4 Å². The lowest BCUT2D eigenvalue weighted by molar-refractivity contribution is -0.130. The van der Waals surface area contributed by atoms with Crippen molar-refractivity contribution in [2.24, 2.45) is 0 Å². The molecule has 2 amide bonds. The van der Waals surface area contributed by atoms with Gasteiger partial charge in [0.2, 0.25) is 0 Å². The van der Waals surface area contributed by atoms with Crippen molar-refractivity contribution in [1.29, 1.82) is 0 Å². The van der Waals surface area contributed by atoms with Crippen molar-refractivity contribution in [3.8, 4) is 17.2 Å². The molecule has 0 aliphatic rings. The highest BCUT2D eigenvalue weighted by molar-refractivity contribution is 6.06. The van der Waals surface area contributed by atoms with E-state index < -0.39 is 0 Å². The smallest absolute Gasteiger partial charge is 0.259 e. The number of ether oxygens (including phenoxy) is 2. The third-order valence-corrected chi connectivity index (χ3v) is 4.32. The number of benzene rings is 3. The van der Waals surface area contributed by atoms with Gasteiger partial charge in [0.15, 0.2) is 6.61 Å². The third kappa shape index (κ3) is 5.61. The lowest BCUT2D eigenvalue weighted by Gasteiger charge is -2.14. The Morgan fingerprint density at radius 1 is 0.900 bits per heavy atom. The van der Waals surface area contributed by atoms with Crippen LogP contribution in [0.5, 0.6) is 17.2 Å². The van der Waals surface area contributed by atoms with E-state index in [1.807, 2.05) is 31.2 Å². The first-order chi connectivity index (χ1) is 14.4. The molecule has 3 aromatic carbocycles. The summed E-state index contributed by atoms with van der Waals surface area (Å²) in [7, 11) is 3.30. The van der Waals surface area contributed by atoms with E-state index in [1.54, 1.807) is 62.6 Å². The molecule has 0 aliphatic carbocycles. The van der Waals surface area contributed by atoms with Crippen molar-refractivity contribution in [2.75, 3.05) is 26.0 Å².